The number of hydrogen-bond acceptors (Lipinski definition) is 2. The molecule has 0 aliphatic carbocycles. The monoisotopic (exact) mass is 282 g/mol. The minimum absolute atomic E-state index is 0.410. The molecule has 0 aromatic heterocycles. The molecule has 2 nitrogen and oxygen atoms in total. The fraction of sp³-hybridized carbons (Fsp3) is 0.368. The second kappa shape index (κ2) is 7.84. The Balaban J connectivity index is 2.31. The number of benzene rings is 2. The summed E-state index contributed by atoms with van der Waals surface area (Å²) in [7, 11) is 2.14. The molecule has 0 aliphatic heterocycles. The summed E-state index contributed by atoms with van der Waals surface area (Å²) < 4.78 is 0. The Morgan fingerprint density at radius 1 is 0.952 bits per heavy atom. The van der Waals surface area contributed by atoms with Crippen LogP contribution in [-0.4, -0.2) is 13.6 Å². The van der Waals surface area contributed by atoms with E-state index >= 15 is 0 Å². The van der Waals surface area contributed by atoms with Crippen molar-refractivity contribution in [3.05, 3.63) is 60.2 Å². The van der Waals surface area contributed by atoms with Gasteiger partial charge in [0.25, 0.3) is 0 Å². The van der Waals surface area contributed by atoms with Crippen molar-refractivity contribution in [1.29, 1.82) is 0 Å². The third kappa shape index (κ3) is 3.85. The zero-order valence-corrected chi connectivity index (χ0v) is 13.3. The molecule has 0 aliphatic rings. The smallest absolute Gasteiger partial charge is 0.0456 e. The van der Waals surface area contributed by atoms with Crippen LogP contribution in [-0.2, 0) is 0 Å². The van der Waals surface area contributed by atoms with Gasteiger partial charge in [0.1, 0.15) is 0 Å². The Kier molecular flexibility index (Phi) is 5.82. The predicted molar refractivity (Wildman–Crippen MR) is 92.3 cm³/mol. The lowest BCUT2D eigenvalue weighted by Crippen LogP contribution is -2.23. The van der Waals surface area contributed by atoms with E-state index in [9.17, 15) is 0 Å². The van der Waals surface area contributed by atoms with E-state index in [0.717, 1.165) is 19.4 Å². The molecule has 2 rings (SSSR count). The van der Waals surface area contributed by atoms with Gasteiger partial charge >= 0.3 is 0 Å². The summed E-state index contributed by atoms with van der Waals surface area (Å²) in [6.07, 6.45) is 2.26. The standard InChI is InChI=1S/C19H26N2/c1-4-15-20-18(5-2)17-13-9-10-14-19(17)21(3)16-11-7-6-8-12-16/h6-14,18,20H,4-5,15H2,1-3H3. The maximum absolute atomic E-state index is 3.66. The van der Waals surface area contributed by atoms with E-state index in [1.54, 1.807) is 0 Å². The number of anilines is 2. The lowest BCUT2D eigenvalue weighted by atomic mass is 10.0. The number of nitrogens with zero attached hydrogens (tertiary/aromatic N) is 1. The molecule has 0 saturated carbocycles. The third-order valence-corrected chi connectivity index (χ3v) is 3.87. The van der Waals surface area contributed by atoms with Crippen LogP contribution in [0.4, 0.5) is 11.4 Å². The van der Waals surface area contributed by atoms with E-state index in [2.05, 4.69) is 85.7 Å². The average molecular weight is 282 g/mol. The van der Waals surface area contributed by atoms with Gasteiger partial charge in [-0.05, 0) is 43.1 Å². The topological polar surface area (TPSA) is 15.3 Å². The predicted octanol–water partition coefficient (Wildman–Crippen LogP) is 4.91. The van der Waals surface area contributed by atoms with Gasteiger partial charge in [0.15, 0.2) is 0 Å². The van der Waals surface area contributed by atoms with Crippen LogP contribution >= 0.6 is 0 Å². The molecule has 21 heavy (non-hydrogen) atoms. The molecule has 0 saturated heterocycles. The molecule has 0 spiro atoms. The van der Waals surface area contributed by atoms with Crippen molar-refractivity contribution in [2.45, 2.75) is 32.7 Å². The summed E-state index contributed by atoms with van der Waals surface area (Å²) in [6, 6.07) is 19.6. The first kappa shape index (κ1) is 15.6. The highest BCUT2D eigenvalue weighted by Gasteiger charge is 2.15. The molecular formula is C19H26N2. The van der Waals surface area contributed by atoms with Crippen LogP contribution in [0.3, 0.4) is 0 Å². The zero-order valence-electron chi connectivity index (χ0n) is 13.3. The fourth-order valence-electron chi connectivity index (χ4n) is 2.67. The van der Waals surface area contributed by atoms with Crippen molar-refractivity contribution in [2.75, 3.05) is 18.5 Å². The Morgan fingerprint density at radius 3 is 2.29 bits per heavy atom. The lowest BCUT2D eigenvalue weighted by Gasteiger charge is -2.27. The van der Waals surface area contributed by atoms with Crippen molar-refractivity contribution >= 4 is 11.4 Å². The summed E-state index contributed by atoms with van der Waals surface area (Å²) in [5, 5.41) is 3.66. The molecule has 2 aromatic rings. The molecule has 1 N–H and O–H groups in total. The number of hydrogen-bond donors (Lipinski definition) is 1. The molecule has 0 fully saturated rings. The quantitative estimate of drug-likeness (QED) is 0.776. The second-order valence-electron chi connectivity index (χ2n) is 5.37. The van der Waals surface area contributed by atoms with Crippen molar-refractivity contribution in [3.8, 4) is 0 Å². The van der Waals surface area contributed by atoms with Crippen molar-refractivity contribution in [2.24, 2.45) is 0 Å². The van der Waals surface area contributed by atoms with Gasteiger partial charge in [-0.15, -0.1) is 0 Å². The largest absolute Gasteiger partial charge is 0.344 e. The normalized spacial score (nSPS) is 12.1. The van der Waals surface area contributed by atoms with Gasteiger partial charge in [-0.1, -0.05) is 50.2 Å². The minimum atomic E-state index is 0.410. The van der Waals surface area contributed by atoms with Crippen LogP contribution in [0.25, 0.3) is 0 Å². The van der Waals surface area contributed by atoms with Gasteiger partial charge in [0, 0.05) is 24.5 Å². The molecule has 2 heteroatoms. The van der Waals surface area contributed by atoms with Crippen molar-refractivity contribution in [1.82, 2.24) is 5.32 Å². The van der Waals surface area contributed by atoms with E-state index < -0.39 is 0 Å². The highest BCUT2D eigenvalue weighted by molar-refractivity contribution is 5.66. The molecule has 0 bridgehead atoms. The van der Waals surface area contributed by atoms with Crippen LogP contribution in [0.1, 0.15) is 38.3 Å². The molecule has 1 atom stereocenters. The summed E-state index contributed by atoms with van der Waals surface area (Å²) in [4.78, 5) is 2.27. The SMILES string of the molecule is CCCNC(CC)c1ccccc1N(C)c1ccccc1. The number of rotatable bonds is 7. The maximum Gasteiger partial charge on any atom is 0.0456 e. The van der Waals surface area contributed by atoms with E-state index in [1.807, 2.05) is 0 Å². The summed E-state index contributed by atoms with van der Waals surface area (Å²) in [5.41, 5.74) is 3.87. The molecule has 0 radical (unpaired) electrons. The van der Waals surface area contributed by atoms with E-state index in [1.165, 1.54) is 16.9 Å². The van der Waals surface area contributed by atoms with Gasteiger partial charge in [-0.3, -0.25) is 0 Å². The molecule has 1 unspecified atom stereocenters. The molecule has 0 amide bonds. The first-order chi connectivity index (χ1) is 10.3. The molecule has 0 heterocycles. The van der Waals surface area contributed by atoms with Gasteiger partial charge in [0.2, 0.25) is 0 Å². The van der Waals surface area contributed by atoms with Crippen LogP contribution in [0.15, 0.2) is 54.6 Å². The van der Waals surface area contributed by atoms with Gasteiger partial charge in [0.05, 0.1) is 0 Å². The van der Waals surface area contributed by atoms with Crippen molar-refractivity contribution < 1.29 is 0 Å². The first-order valence-corrected chi connectivity index (χ1v) is 7.89. The van der Waals surface area contributed by atoms with Gasteiger partial charge in [-0.2, -0.15) is 0 Å². The average Bonchev–Trinajstić information content (AvgIpc) is 2.56. The Hall–Kier alpha value is -1.80. The van der Waals surface area contributed by atoms with E-state index in [-0.39, 0.29) is 0 Å². The Morgan fingerprint density at radius 2 is 1.62 bits per heavy atom. The molecule has 2 aromatic carbocycles. The second-order valence-corrected chi connectivity index (χ2v) is 5.37. The molecule has 112 valence electrons. The number of para-hydroxylation sites is 2. The van der Waals surface area contributed by atoms with Crippen LogP contribution in [0.2, 0.25) is 0 Å². The zero-order chi connectivity index (χ0) is 15.1. The van der Waals surface area contributed by atoms with Gasteiger partial charge in [-0.25, -0.2) is 0 Å². The maximum atomic E-state index is 3.66. The minimum Gasteiger partial charge on any atom is -0.344 e. The van der Waals surface area contributed by atoms with Crippen LogP contribution in [0.5, 0.6) is 0 Å². The Bertz CT molecular complexity index is 536. The Labute approximate surface area is 128 Å². The van der Waals surface area contributed by atoms with E-state index in [4.69, 9.17) is 0 Å². The number of nitrogens with one attached hydrogen (secondary N) is 1. The van der Waals surface area contributed by atoms with Crippen molar-refractivity contribution in [3.63, 3.8) is 0 Å². The summed E-state index contributed by atoms with van der Waals surface area (Å²) in [6.45, 7) is 5.51. The van der Waals surface area contributed by atoms with Gasteiger partial charge < -0.3 is 10.2 Å². The highest BCUT2D eigenvalue weighted by Crippen LogP contribution is 2.31. The summed E-state index contributed by atoms with van der Waals surface area (Å²) in [5.74, 6) is 0. The first-order valence-electron chi connectivity index (χ1n) is 7.89. The summed E-state index contributed by atoms with van der Waals surface area (Å²) >= 11 is 0. The fourth-order valence-corrected chi connectivity index (χ4v) is 2.67. The van der Waals surface area contributed by atoms with E-state index in [0.29, 0.717) is 6.04 Å². The molecular weight excluding hydrogens is 256 g/mol. The van der Waals surface area contributed by atoms with Crippen LogP contribution < -0.4 is 10.2 Å². The van der Waals surface area contributed by atoms with Crippen LogP contribution in [0, 0.1) is 0 Å². The highest BCUT2D eigenvalue weighted by atomic mass is 15.1. The lowest BCUT2D eigenvalue weighted by molar-refractivity contribution is 0.519. The third-order valence-electron chi connectivity index (χ3n) is 3.87.